The molecule has 3 aromatic heterocycles. The molecule has 1 amide bonds. The average Bonchev–Trinajstić information content (AvgIpc) is 3.33. The van der Waals surface area contributed by atoms with E-state index in [1.54, 1.807) is 6.07 Å². The van der Waals surface area contributed by atoms with Crippen molar-refractivity contribution in [2.24, 2.45) is 0 Å². The lowest BCUT2D eigenvalue weighted by Crippen LogP contribution is -2.23. The highest BCUT2D eigenvalue weighted by atomic mass is 32.1. The number of aryl methyl sites for hydroxylation is 3. The van der Waals surface area contributed by atoms with Crippen LogP contribution in [0.1, 0.15) is 17.5 Å². The Kier molecular flexibility index (Phi) is 5.06. The number of hydrogen-bond donors (Lipinski definition) is 1. The van der Waals surface area contributed by atoms with E-state index in [4.69, 9.17) is 0 Å². The van der Waals surface area contributed by atoms with E-state index in [9.17, 15) is 9.59 Å². The molecule has 4 rings (SSSR count). The van der Waals surface area contributed by atoms with Crippen molar-refractivity contribution >= 4 is 43.9 Å². The van der Waals surface area contributed by atoms with Crippen molar-refractivity contribution in [2.45, 2.75) is 26.8 Å². The molecule has 0 bridgehead atoms. The molecule has 0 unspecified atom stereocenters. The molecular formula is C20H18N4O2S2. The summed E-state index contributed by atoms with van der Waals surface area (Å²) < 4.78 is 1.47. The van der Waals surface area contributed by atoms with Crippen LogP contribution in [0.15, 0.2) is 46.1 Å². The zero-order valence-electron chi connectivity index (χ0n) is 15.4. The van der Waals surface area contributed by atoms with Crippen LogP contribution in [0, 0.1) is 13.8 Å². The topological polar surface area (TPSA) is 76.9 Å². The number of fused-ring (bicyclic) bond motifs is 1. The third-order valence-electron chi connectivity index (χ3n) is 4.58. The minimum Gasteiger partial charge on any atom is -0.302 e. The molecule has 0 fully saturated rings. The maximum Gasteiger partial charge on any atom is 0.262 e. The fourth-order valence-corrected chi connectivity index (χ4v) is 4.28. The first-order valence-electron chi connectivity index (χ1n) is 8.77. The number of thiophene rings is 1. The van der Waals surface area contributed by atoms with Crippen molar-refractivity contribution in [3.05, 3.63) is 62.8 Å². The van der Waals surface area contributed by atoms with E-state index >= 15 is 0 Å². The van der Waals surface area contributed by atoms with Crippen LogP contribution in [0.3, 0.4) is 0 Å². The fraction of sp³-hybridized carbons (Fsp3) is 0.200. The summed E-state index contributed by atoms with van der Waals surface area (Å²) in [6.07, 6.45) is 1.67. The number of hydrogen-bond acceptors (Lipinski definition) is 6. The molecule has 1 aromatic carbocycles. The molecule has 4 aromatic rings. The summed E-state index contributed by atoms with van der Waals surface area (Å²) in [6.45, 7) is 4.42. The second kappa shape index (κ2) is 7.65. The van der Waals surface area contributed by atoms with E-state index in [0.29, 0.717) is 15.3 Å². The first kappa shape index (κ1) is 18.5. The lowest BCUT2D eigenvalue weighted by Gasteiger charge is -2.05. The number of carbonyl (C=O) groups excluding carboxylic acids is 1. The maximum atomic E-state index is 12.4. The molecule has 0 atom stereocenters. The maximum absolute atomic E-state index is 12.4. The smallest absolute Gasteiger partial charge is 0.262 e. The molecule has 6 nitrogen and oxygen atoms in total. The van der Waals surface area contributed by atoms with Gasteiger partial charge in [-0.1, -0.05) is 12.1 Å². The summed E-state index contributed by atoms with van der Waals surface area (Å²) in [4.78, 5) is 34.1. The van der Waals surface area contributed by atoms with E-state index in [0.717, 1.165) is 11.3 Å². The molecule has 0 aliphatic carbocycles. The third-order valence-corrected chi connectivity index (χ3v) is 6.16. The van der Waals surface area contributed by atoms with Gasteiger partial charge in [0.2, 0.25) is 5.91 Å². The molecule has 0 saturated heterocycles. The van der Waals surface area contributed by atoms with Crippen molar-refractivity contribution in [3.63, 3.8) is 0 Å². The van der Waals surface area contributed by atoms with Gasteiger partial charge in [-0.05, 0) is 42.5 Å². The number of benzene rings is 1. The molecule has 3 heterocycles. The van der Waals surface area contributed by atoms with Crippen molar-refractivity contribution in [2.75, 3.05) is 5.32 Å². The zero-order valence-corrected chi connectivity index (χ0v) is 17.1. The van der Waals surface area contributed by atoms with Gasteiger partial charge in [0.25, 0.3) is 5.56 Å². The second-order valence-corrected chi connectivity index (χ2v) is 8.27. The minimum absolute atomic E-state index is 0.120. The Balaban J connectivity index is 1.41. The van der Waals surface area contributed by atoms with Crippen LogP contribution >= 0.6 is 22.7 Å². The van der Waals surface area contributed by atoms with E-state index in [2.05, 4.69) is 41.3 Å². The van der Waals surface area contributed by atoms with Crippen LogP contribution in [0.25, 0.3) is 21.5 Å². The summed E-state index contributed by atoms with van der Waals surface area (Å²) in [5.74, 6) is -0.182. The zero-order chi connectivity index (χ0) is 19.7. The van der Waals surface area contributed by atoms with Gasteiger partial charge < -0.3 is 5.32 Å². The quantitative estimate of drug-likeness (QED) is 0.534. The summed E-state index contributed by atoms with van der Waals surface area (Å²) in [5.41, 5.74) is 4.19. The number of thiazole rings is 1. The second-order valence-electron chi connectivity index (χ2n) is 6.52. The van der Waals surface area contributed by atoms with Crippen LogP contribution < -0.4 is 10.9 Å². The minimum atomic E-state index is -0.182. The van der Waals surface area contributed by atoms with Gasteiger partial charge in [-0.25, -0.2) is 9.97 Å². The molecule has 28 heavy (non-hydrogen) atoms. The molecule has 0 aliphatic rings. The number of nitrogens with one attached hydrogen (secondary N) is 1. The average molecular weight is 411 g/mol. The fourth-order valence-electron chi connectivity index (χ4n) is 2.82. The molecule has 0 aliphatic heterocycles. The Morgan fingerprint density at radius 2 is 2.04 bits per heavy atom. The normalized spacial score (nSPS) is 11.1. The Labute approximate surface area is 169 Å². The number of anilines is 1. The molecular weight excluding hydrogens is 392 g/mol. The van der Waals surface area contributed by atoms with E-state index in [1.807, 2.05) is 16.8 Å². The molecule has 0 radical (unpaired) electrons. The Morgan fingerprint density at radius 1 is 1.18 bits per heavy atom. The third kappa shape index (κ3) is 3.74. The highest BCUT2D eigenvalue weighted by molar-refractivity contribution is 7.16. The Bertz CT molecular complexity index is 1220. The van der Waals surface area contributed by atoms with Crippen LogP contribution in [0.5, 0.6) is 0 Å². The van der Waals surface area contributed by atoms with Gasteiger partial charge in [0.1, 0.15) is 4.83 Å². The number of rotatable bonds is 5. The lowest BCUT2D eigenvalue weighted by molar-refractivity contribution is -0.116. The van der Waals surface area contributed by atoms with Crippen molar-refractivity contribution < 1.29 is 4.79 Å². The molecule has 1 N–H and O–H groups in total. The van der Waals surface area contributed by atoms with E-state index in [1.165, 1.54) is 44.7 Å². The van der Waals surface area contributed by atoms with Gasteiger partial charge in [0, 0.05) is 23.9 Å². The van der Waals surface area contributed by atoms with Gasteiger partial charge >= 0.3 is 0 Å². The van der Waals surface area contributed by atoms with Crippen LogP contribution in [0.4, 0.5) is 5.13 Å². The van der Waals surface area contributed by atoms with Gasteiger partial charge in [-0.2, -0.15) is 0 Å². The molecule has 142 valence electrons. The van der Waals surface area contributed by atoms with Crippen molar-refractivity contribution in [1.82, 2.24) is 14.5 Å². The Hall–Kier alpha value is -2.84. The molecule has 0 spiro atoms. The van der Waals surface area contributed by atoms with Gasteiger partial charge in [0.15, 0.2) is 5.13 Å². The predicted molar refractivity (Wildman–Crippen MR) is 114 cm³/mol. The largest absolute Gasteiger partial charge is 0.302 e. The monoisotopic (exact) mass is 410 g/mol. The van der Waals surface area contributed by atoms with Crippen LogP contribution in [-0.4, -0.2) is 20.4 Å². The molecule has 0 saturated carbocycles. The van der Waals surface area contributed by atoms with Gasteiger partial charge in [-0.15, -0.1) is 22.7 Å². The number of amides is 1. The number of carbonyl (C=O) groups is 1. The highest BCUT2D eigenvalue weighted by Gasteiger charge is 2.10. The summed E-state index contributed by atoms with van der Waals surface area (Å²) in [6, 6.07) is 7.95. The van der Waals surface area contributed by atoms with Crippen molar-refractivity contribution in [3.8, 4) is 11.3 Å². The summed E-state index contributed by atoms with van der Waals surface area (Å²) >= 11 is 2.82. The summed E-state index contributed by atoms with van der Waals surface area (Å²) in [7, 11) is 0. The molecule has 8 heteroatoms. The Morgan fingerprint density at radius 3 is 2.86 bits per heavy atom. The highest BCUT2D eigenvalue weighted by Crippen LogP contribution is 2.26. The first-order chi connectivity index (χ1) is 13.5. The first-order valence-corrected chi connectivity index (χ1v) is 10.5. The van der Waals surface area contributed by atoms with Crippen LogP contribution in [0.2, 0.25) is 0 Å². The summed E-state index contributed by atoms with van der Waals surface area (Å²) in [5, 5.41) is 7.72. The standard InChI is InChI=1S/C20H18N4O2S2/c1-12-3-4-14(9-13(12)2)16-10-28-20(22-16)23-17(25)5-7-24-11-21-18-15(19(24)26)6-8-27-18/h3-4,6,8-11H,5,7H2,1-2H3,(H,22,23,25). The van der Waals surface area contributed by atoms with E-state index in [-0.39, 0.29) is 24.4 Å². The predicted octanol–water partition coefficient (Wildman–Crippen LogP) is 4.23. The number of nitrogens with zero attached hydrogens (tertiary/aromatic N) is 3. The van der Waals surface area contributed by atoms with Crippen molar-refractivity contribution in [1.29, 1.82) is 0 Å². The number of aromatic nitrogens is 3. The van der Waals surface area contributed by atoms with Crippen LogP contribution in [-0.2, 0) is 11.3 Å². The van der Waals surface area contributed by atoms with E-state index < -0.39 is 0 Å². The van der Waals surface area contributed by atoms with Gasteiger partial charge in [-0.3, -0.25) is 14.2 Å². The lowest BCUT2D eigenvalue weighted by atomic mass is 10.1. The van der Waals surface area contributed by atoms with Gasteiger partial charge in [0.05, 0.1) is 17.4 Å². The SMILES string of the molecule is Cc1ccc(-c2csc(NC(=O)CCn3cnc4sccc4c3=O)n2)cc1C.